The number of fused-ring (bicyclic) bond motifs is 1. The average molecular weight is 545 g/mol. The predicted octanol–water partition coefficient (Wildman–Crippen LogP) is 2.67. The zero-order valence-corrected chi connectivity index (χ0v) is 21.3. The number of halogens is 2. The summed E-state index contributed by atoms with van der Waals surface area (Å²) in [5.41, 5.74) is 1.22. The van der Waals surface area contributed by atoms with Gasteiger partial charge in [-0.25, -0.2) is 17.2 Å². The van der Waals surface area contributed by atoms with E-state index in [1.54, 1.807) is 19.1 Å². The molecule has 2 aromatic carbocycles. The molecule has 0 aliphatic carbocycles. The first-order valence-corrected chi connectivity index (χ1v) is 14.2. The molecule has 2 amide bonds. The van der Waals surface area contributed by atoms with Crippen molar-refractivity contribution >= 4 is 32.0 Å². The Morgan fingerprint density at radius 3 is 2.03 bits per heavy atom. The summed E-state index contributed by atoms with van der Waals surface area (Å²) in [5.74, 6) is -4.68. The second kappa shape index (κ2) is 10.7. The Balaban J connectivity index is 1.76. The van der Waals surface area contributed by atoms with Crippen molar-refractivity contribution in [1.82, 2.24) is 9.21 Å². The van der Waals surface area contributed by atoms with Gasteiger partial charge in [-0.2, -0.15) is 12.7 Å². The van der Waals surface area contributed by atoms with E-state index < -0.39 is 64.0 Å². The number of benzene rings is 2. The first-order chi connectivity index (χ1) is 16.7. The highest BCUT2D eigenvalue weighted by molar-refractivity contribution is 7.89. The number of sulfonamides is 1. The van der Waals surface area contributed by atoms with Gasteiger partial charge in [-0.05, 0) is 37.6 Å². The van der Waals surface area contributed by atoms with Crippen LogP contribution in [0, 0.1) is 6.92 Å². The van der Waals surface area contributed by atoms with Crippen molar-refractivity contribution in [1.29, 1.82) is 0 Å². The van der Waals surface area contributed by atoms with Crippen molar-refractivity contribution in [3.8, 4) is 0 Å². The number of rotatable bonds is 12. The molecule has 1 aliphatic heterocycles. The van der Waals surface area contributed by atoms with Crippen LogP contribution in [-0.2, 0) is 24.3 Å². The zero-order valence-electron chi connectivity index (χ0n) is 19.7. The molecule has 9 nitrogen and oxygen atoms in total. The van der Waals surface area contributed by atoms with E-state index in [1.807, 2.05) is 0 Å². The van der Waals surface area contributed by atoms with Crippen molar-refractivity contribution in [2.45, 2.75) is 30.6 Å². The zero-order chi connectivity index (χ0) is 26.7. The van der Waals surface area contributed by atoms with E-state index in [9.17, 15) is 35.2 Å². The maximum Gasteiger partial charge on any atom is 0.264 e. The number of hydrogen-bond acceptors (Lipinski definition) is 7. The second-order valence-electron chi connectivity index (χ2n) is 8.44. The molecular weight excluding hydrogens is 518 g/mol. The number of carbonyl (C=O) groups is 2. The summed E-state index contributed by atoms with van der Waals surface area (Å²) >= 11 is 0. The first kappa shape index (κ1) is 27.8. The Labute approximate surface area is 208 Å². The minimum Gasteiger partial charge on any atom is -0.274 e. The van der Waals surface area contributed by atoms with E-state index in [4.69, 9.17) is 0 Å². The van der Waals surface area contributed by atoms with Crippen LogP contribution in [0.2, 0.25) is 0 Å². The number of imide groups is 1. The van der Waals surface area contributed by atoms with Crippen LogP contribution in [-0.4, -0.2) is 76.3 Å². The Hall–Kier alpha value is -2.74. The highest BCUT2D eigenvalue weighted by Crippen LogP contribution is 2.26. The van der Waals surface area contributed by atoms with Crippen LogP contribution in [0.3, 0.4) is 0 Å². The van der Waals surface area contributed by atoms with E-state index >= 15 is 0 Å². The molecule has 0 radical (unpaired) electrons. The summed E-state index contributed by atoms with van der Waals surface area (Å²) in [6.07, 6.45) is -0.399. The highest BCUT2D eigenvalue weighted by Gasteiger charge is 2.38. The minimum atomic E-state index is -4.38. The fourth-order valence-electron chi connectivity index (χ4n) is 3.67. The molecule has 3 rings (SSSR count). The number of carbonyl (C=O) groups excluding carboxylic acids is 2. The molecule has 13 heteroatoms. The summed E-state index contributed by atoms with van der Waals surface area (Å²) in [6, 6.07) is 11.9. The van der Waals surface area contributed by atoms with Gasteiger partial charge in [0.15, 0.2) is 0 Å². The van der Waals surface area contributed by atoms with Gasteiger partial charge in [0.25, 0.3) is 27.9 Å². The van der Waals surface area contributed by atoms with E-state index in [0.29, 0.717) is 4.31 Å². The molecule has 36 heavy (non-hydrogen) atoms. The van der Waals surface area contributed by atoms with Crippen molar-refractivity contribution in [3.63, 3.8) is 0 Å². The van der Waals surface area contributed by atoms with Gasteiger partial charge in [0, 0.05) is 19.5 Å². The standard InChI is InChI=1S/C23H26F2N2O7S2/c1-17-8-10-18(11-9-17)36(32,33)26(16-23(24,25)12-15-34-35(2,30)31)13-5-14-27-21(28)19-6-3-4-7-20(19)22(27)29/h3-4,6-11H,5,12-16H2,1-2H3. The van der Waals surface area contributed by atoms with Crippen LogP contribution in [0.1, 0.15) is 39.1 Å². The van der Waals surface area contributed by atoms with Crippen LogP contribution in [0.15, 0.2) is 53.4 Å². The molecule has 1 aliphatic rings. The van der Waals surface area contributed by atoms with Gasteiger partial charge in [0.1, 0.15) is 0 Å². The van der Waals surface area contributed by atoms with Crippen molar-refractivity contribution < 1.29 is 39.4 Å². The molecule has 0 N–H and O–H groups in total. The summed E-state index contributed by atoms with van der Waals surface area (Å²) in [4.78, 5) is 25.9. The Bertz CT molecular complexity index is 1310. The summed E-state index contributed by atoms with van der Waals surface area (Å²) < 4.78 is 82.9. The lowest BCUT2D eigenvalue weighted by molar-refractivity contribution is -0.0319. The highest BCUT2D eigenvalue weighted by atomic mass is 32.2. The maximum absolute atomic E-state index is 14.7. The molecule has 0 saturated carbocycles. The lowest BCUT2D eigenvalue weighted by Gasteiger charge is -2.27. The fraction of sp³-hybridized carbons (Fsp3) is 0.391. The van der Waals surface area contributed by atoms with Crippen LogP contribution >= 0.6 is 0 Å². The Morgan fingerprint density at radius 1 is 0.944 bits per heavy atom. The smallest absolute Gasteiger partial charge is 0.264 e. The molecule has 0 spiro atoms. The van der Waals surface area contributed by atoms with Gasteiger partial charge >= 0.3 is 0 Å². The molecule has 0 unspecified atom stereocenters. The van der Waals surface area contributed by atoms with E-state index in [2.05, 4.69) is 4.18 Å². The molecule has 0 atom stereocenters. The van der Waals surface area contributed by atoms with Crippen LogP contribution in [0.4, 0.5) is 8.78 Å². The molecule has 0 aromatic heterocycles. The number of alkyl halides is 2. The monoisotopic (exact) mass is 544 g/mol. The Morgan fingerprint density at radius 2 is 1.50 bits per heavy atom. The van der Waals surface area contributed by atoms with Crippen LogP contribution < -0.4 is 0 Å². The van der Waals surface area contributed by atoms with Crippen LogP contribution in [0.5, 0.6) is 0 Å². The third-order valence-electron chi connectivity index (χ3n) is 5.50. The maximum atomic E-state index is 14.7. The third kappa shape index (κ3) is 6.72. The lowest BCUT2D eigenvalue weighted by atomic mass is 10.1. The van der Waals surface area contributed by atoms with Crippen molar-refractivity contribution in [3.05, 3.63) is 65.2 Å². The number of nitrogens with zero attached hydrogens (tertiary/aromatic N) is 2. The Kier molecular flexibility index (Phi) is 8.28. The van der Waals surface area contributed by atoms with Gasteiger partial charge < -0.3 is 0 Å². The molecule has 2 aromatic rings. The average Bonchev–Trinajstić information content (AvgIpc) is 3.02. The summed E-state index contributed by atoms with van der Waals surface area (Å²) in [7, 11) is -8.32. The number of hydrogen-bond donors (Lipinski definition) is 0. The topological polar surface area (TPSA) is 118 Å². The third-order valence-corrected chi connectivity index (χ3v) is 7.95. The van der Waals surface area contributed by atoms with E-state index in [-0.39, 0.29) is 29.0 Å². The number of aryl methyl sites for hydroxylation is 1. The van der Waals surface area contributed by atoms with Gasteiger partial charge in [-0.15, -0.1) is 0 Å². The summed E-state index contributed by atoms with van der Waals surface area (Å²) in [6.45, 7) is -0.898. The molecular formula is C23H26F2N2O7S2. The predicted molar refractivity (Wildman–Crippen MR) is 127 cm³/mol. The van der Waals surface area contributed by atoms with Gasteiger partial charge in [0.05, 0.1) is 35.4 Å². The normalized spacial score (nSPS) is 14.5. The SMILES string of the molecule is Cc1ccc(S(=O)(=O)N(CCCN2C(=O)c3ccccc3C2=O)CC(F)(F)CCOS(C)(=O)=O)cc1. The minimum absolute atomic E-state index is 0.0908. The van der Waals surface area contributed by atoms with E-state index in [1.165, 1.54) is 36.4 Å². The van der Waals surface area contributed by atoms with Gasteiger partial charge in [0.2, 0.25) is 10.0 Å². The molecule has 0 fully saturated rings. The lowest BCUT2D eigenvalue weighted by Crippen LogP contribution is -2.43. The fourth-order valence-corrected chi connectivity index (χ4v) is 5.56. The van der Waals surface area contributed by atoms with Gasteiger partial charge in [-0.1, -0.05) is 29.8 Å². The van der Waals surface area contributed by atoms with Crippen LogP contribution in [0.25, 0.3) is 0 Å². The number of amides is 2. The molecule has 0 saturated heterocycles. The van der Waals surface area contributed by atoms with E-state index in [0.717, 1.165) is 16.7 Å². The summed E-state index contributed by atoms with van der Waals surface area (Å²) in [5, 5.41) is 0. The molecule has 1 heterocycles. The molecule has 196 valence electrons. The quantitative estimate of drug-likeness (QED) is 0.298. The van der Waals surface area contributed by atoms with Crippen molar-refractivity contribution in [2.75, 3.05) is 32.5 Å². The first-order valence-electron chi connectivity index (χ1n) is 11.0. The molecule has 0 bridgehead atoms. The van der Waals surface area contributed by atoms with Gasteiger partial charge in [-0.3, -0.25) is 18.7 Å². The van der Waals surface area contributed by atoms with Crippen molar-refractivity contribution in [2.24, 2.45) is 0 Å². The largest absolute Gasteiger partial charge is 0.274 e. The second-order valence-corrected chi connectivity index (χ2v) is 12.0.